The normalized spacial score (nSPS) is 17.7. The van der Waals surface area contributed by atoms with Crippen LogP contribution in [0.1, 0.15) is 34.5 Å². The molecule has 2 aromatic carbocycles. The molecule has 41 heavy (non-hydrogen) atoms. The molecule has 4 amide bonds. The summed E-state index contributed by atoms with van der Waals surface area (Å²) in [7, 11) is 0. The zero-order valence-electron chi connectivity index (χ0n) is 21.8. The molecule has 11 heteroatoms. The van der Waals surface area contributed by atoms with Gasteiger partial charge in [0.1, 0.15) is 6.04 Å². The summed E-state index contributed by atoms with van der Waals surface area (Å²) in [5, 5.41) is 5.40. The van der Waals surface area contributed by atoms with E-state index in [0.717, 1.165) is 6.07 Å². The van der Waals surface area contributed by atoms with Gasteiger partial charge >= 0.3 is 12.2 Å². The topological polar surface area (TPSA) is 94.6 Å². The minimum absolute atomic E-state index is 0.0152. The molecule has 210 valence electrons. The summed E-state index contributed by atoms with van der Waals surface area (Å²) in [6, 6.07) is 15.5. The van der Waals surface area contributed by atoms with E-state index in [-0.39, 0.29) is 36.5 Å². The number of rotatable bonds is 8. The van der Waals surface area contributed by atoms with Crippen molar-refractivity contribution in [3.05, 3.63) is 125 Å². The smallest absolute Gasteiger partial charge is 0.348 e. The molecule has 0 fully saturated rings. The maximum Gasteiger partial charge on any atom is 0.416 e. The largest absolute Gasteiger partial charge is 0.416 e. The van der Waals surface area contributed by atoms with Gasteiger partial charge in [-0.3, -0.25) is 19.5 Å². The van der Waals surface area contributed by atoms with Crippen molar-refractivity contribution in [3.63, 3.8) is 0 Å². The molecule has 2 aliphatic rings. The lowest BCUT2D eigenvalue weighted by molar-refractivity contribution is -0.138. The molecule has 2 N–H and O–H groups in total. The molecule has 0 unspecified atom stereocenters. The van der Waals surface area contributed by atoms with Crippen LogP contribution in [0.25, 0.3) is 0 Å². The number of pyridine rings is 1. The summed E-state index contributed by atoms with van der Waals surface area (Å²) in [5.74, 6) is -1.16. The Kier molecular flexibility index (Phi) is 7.60. The van der Waals surface area contributed by atoms with Gasteiger partial charge < -0.3 is 15.5 Å². The van der Waals surface area contributed by atoms with Gasteiger partial charge in [0, 0.05) is 12.7 Å². The summed E-state index contributed by atoms with van der Waals surface area (Å²) in [5.41, 5.74) is 0.0776. The summed E-state index contributed by atoms with van der Waals surface area (Å²) < 4.78 is 42.0. The van der Waals surface area contributed by atoms with Crippen molar-refractivity contribution in [1.29, 1.82) is 0 Å². The van der Waals surface area contributed by atoms with Crippen LogP contribution in [-0.2, 0) is 22.3 Å². The molecule has 3 heterocycles. The highest BCUT2D eigenvalue weighted by atomic mass is 19.4. The first-order chi connectivity index (χ1) is 19.7. The maximum absolute atomic E-state index is 14.1. The first-order valence-electron chi connectivity index (χ1n) is 12.8. The van der Waals surface area contributed by atoms with Gasteiger partial charge in [-0.05, 0) is 29.3 Å². The van der Waals surface area contributed by atoms with Gasteiger partial charge in [-0.15, -0.1) is 6.58 Å². The Balaban J connectivity index is 1.56. The van der Waals surface area contributed by atoms with Crippen LogP contribution in [0.3, 0.4) is 0 Å². The van der Waals surface area contributed by atoms with Crippen molar-refractivity contribution in [1.82, 2.24) is 25.4 Å². The van der Waals surface area contributed by atoms with Crippen LogP contribution < -0.4 is 10.6 Å². The van der Waals surface area contributed by atoms with Crippen LogP contribution in [0, 0.1) is 0 Å². The molecule has 8 nitrogen and oxygen atoms in total. The Hall–Kier alpha value is -4.93. The van der Waals surface area contributed by atoms with Crippen molar-refractivity contribution in [2.45, 2.75) is 24.8 Å². The second kappa shape index (κ2) is 11.3. The highest BCUT2D eigenvalue weighted by Crippen LogP contribution is 2.43. The minimum Gasteiger partial charge on any atom is -0.348 e. The fourth-order valence-electron chi connectivity index (χ4n) is 5.17. The van der Waals surface area contributed by atoms with E-state index >= 15 is 0 Å². The molecular formula is C30H26F3N5O3. The first kappa shape index (κ1) is 27.6. The summed E-state index contributed by atoms with van der Waals surface area (Å²) in [6.07, 6.45) is -1.68. The fourth-order valence-corrected chi connectivity index (χ4v) is 5.17. The van der Waals surface area contributed by atoms with E-state index in [4.69, 9.17) is 0 Å². The lowest BCUT2D eigenvalue weighted by Gasteiger charge is -2.33. The van der Waals surface area contributed by atoms with E-state index in [1.165, 1.54) is 34.1 Å². The zero-order valence-corrected chi connectivity index (χ0v) is 21.8. The van der Waals surface area contributed by atoms with Gasteiger partial charge in [0.05, 0.1) is 41.7 Å². The summed E-state index contributed by atoms with van der Waals surface area (Å²) in [6.45, 7) is 3.61. The van der Waals surface area contributed by atoms with Crippen molar-refractivity contribution in [2.24, 2.45) is 0 Å². The molecule has 0 bridgehead atoms. The number of hydrogen-bond acceptors (Lipinski definition) is 4. The summed E-state index contributed by atoms with van der Waals surface area (Å²) in [4.78, 5) is 47.7. The van der Waals surface area contributed by atoms with Crippen LogP contribution in [0.15, 0.2) is 103 Å². The highest BCUT2D eigenvalue weighted by Gasteiger charge is 2.49. The minimum atomic E-state index is -4.72. The number of carbonyl (C=O) groups excluding carboxylic acids is 3. The predicted octanol–water partition coefficient (Wildman–Crippen LogP) is 4.51. The Morgan fingerprint density at radius 1 is 1.07 bits per heavy atom. The number of alkyl halides is 3. The number of benzene rings is 2. The fraction of sp³-hybridized carbons (Fsp3) is 0.200. The molecule has 2 atom stereocenters. The number of nitrogens with one attached hydrogen (secondary N) is 2. The summed E-state index contributed by atoms with van der Waals surface area (Å²) >= 11 is 0. The first-order valence-corrected chi connectivity index (χ1v) is 12.8. The standard InChI is InChI=1S/C30H26F3N5O3/c1-2-16-37-23-18-38(26(19-10-4-3-5-11-19)27(39)35-17-20-12-8-9-15-34-20)28(40)24(23)25(36-29(37)41)21-13-6-7-14-22(21)30(31,32)33/h2-15,25-26H,1,16-18H2,(H,35,39)(H,36,41)/t25-,26-/m1/s1. The van der Waals surface area contributed by atoms with Gasteiger partial charge in [-0.1, -0.05) is 60.7 Å². The van der Waals surface area contributed by atoms with E-state index < -0.39 is 41.7 Å². The Labute approximate surface area is 234 Å². The van der Waals surface area contributed by atoms with E-state index in [0.29, 0.717) is 11.3 Å². The van der Waals surface area contributed by atoms with Gasteiger partial charge in [0.25, 0.3) is 5.91 Å². The average molecular weight is 562 g/mol. The van der Waals surface area contributed by atoms with Crippen LogP contribution >= 0.6 is 0 Å². The quantitative estimate of drug-likeness (QED) is 0.396. The van der Waals surface area contributed by atoms with Crippen molar-refractivity contribution < 1.29 is 27.6 Å². The Bertz CT molecular complexity index is 1510. The van der Waals surface area contributed by atoms with E-state index in [1.807, 2.05) is 0 Å². The Morgan fingerprint density at radius 2 is 1.78 bits per heavy atom. The van der Waals surface area contributed by atoms with Gasteiger partial charge in [0.15, 0.2) is 0 Å². The molecule has 1 aromatic heterocycles. The number of urea groups is 1. The molecule has 0 aliphatic carbocycles. The molecule has 0 saturated heterocycles. The zero-order chi connectivity index (χ0) is 29.1. The van der Waals surface area contributed by atoms with Crippen LogP contribution in [0.5, 0.6) is 0 Å². The second-order valence-corrected chi connectivity index (χ2v) is 9.51. The molecule has 2 aliphatic heterocycles. The van der Waals surface area contributed by atoms with E-state index in [1.54, 1.807) is 54.7 Å². The lowest BCUT2D eigenvalue weighted by atomic mass is 9.91. The number of carbonyl (C=O) groups is 3. The van der Waals surface area contributed by atoms with Crippen LogP contribution in [0.2, 0.25) is 0 Å². The highest BCUT2D eigenvalue weighted by molar-refractivity contribution is 6.04. The molecule has 0 radical (unpaired) electrons. The van der Waals surface area contributed by atoms with Gasteiger partial charge in [-0.25, -0.2) is 4.79 Å². The Morgan fingerprint density at radius 3 is 2.46 bits per heavy atom. The number of halogens is 3. The number of amides is 4. The maximum atomic E-state index is 14.1. The molecule has 3 aromatic rings. The predicted molar refractivity (Wildman–Crippen MR) is 144 cm³/mol. The van der Waals surface area contributed by atoms with Gasteiger partial charge in [-0.2, -0.15) is 13.2 Å². The number of nitrogens with zero attached hydrogens (tertiary/aromatic N) is 3. The third kappa shape index (κ3) is 5.43. The van der Waals surface area contributed by atoms with Crippen molar-refractivity contribution >= 4 is 17.8 Å². The van der Waals surface area contributed by atoms with E-state index in [2.05, 4.69) is 22.2 Å². The monoisotopic (exact) mass is 561 g/mol. The third-order valence-electron chi connectivity index (χ3n) is 6.98. The number of aromatic nitrogens is 1. The van der Waals surface area contributed by atoms with Crippen LogP contribution in [0.4, 0.5) is 18.0 Å². The average Bonchev–Trinajstić information content (AvgIpc) is 3.30. The van der Waals surface area contributed by atoms with Crippen molar-refractivity contribution in [2.75, 3.05) is 13.1 Å². The lowest BCUT2D eigenvalue weighted by Crippen LogP contribution is -2.47. The molecule has 0 spiro atoms. The molecule has 5 rings (SSSR count). The molecular weight excluding hydrogens is 535 g/mol. The van der Waals surface area contributed by atoms with Gasteiger partial charge in [0.2, 0.25) is 5.91 Å². The SMILES string of the molecule is C=CCN1C(=O)N[C@H](c2ccccc2C(F)(F)F)C2=C1CN([C@@H](C(=O)NCc1ccccn1)c1ccccc1)C2=O. The number of hydrogen-bond donors (Lipinski definition) is 2. The molecule has 0 saturated carbocycles. The van der Waals surface area contributed by atoms with E-state index in [9.17, 15) is 27.6 Å². The van der Waals surface area contributed by atoms with Crippen molar-refractivity contribution in [3.8, 4) is 0 Å². The second-order valence-electron chi connectivity index (χ2n) is 9.51. The van der Waals surface area contributed by atoms with Crippen LogP contribution in [-0.4, -0.2) is 45.7 Å². The third-order valence-corrected chi connectivity index (χ3v) is 6.98.